The van der Waals surface area contributed by atoms with Crippen LogP contribution in [0.4, 0.5) is 0 Å². The van der Waals surface area contributed by atoms with Crippen LogP contribution >= 0.6 is 0 Å². The van der Waals surface area contributed by atoms with E-state index in [0.717, 1.165) is 0 Å². The monoisotopic (exact) mass is 178 g/mol. The average molecular weight is 178 g/mol. The number of carbonyl (C=O) groups is 2. The molecule has 2 atom stereocenters. The predicted octanol–water partition coefficient (Wildman–Crippen LogP) is -2.26. The van der Waals surface area contributed by atoms with Crippen LogP contribution in [0, 0.1) is 0 Å². The first-order valence-electron chi connectivity index (χ1n) is 3.20. The third-order valence-electron chi connectivity index (χ3n) is 1.21. The fourth-order valence-electron chi connectivity index (χ4n) is 0.568. The molecule has 0 aromatic carbocycles. The Morgan fingerprint density at radius 2 is 1.75 bits per heavy atom. The molecule has 0 aliphatic carbocycles. The second-order valence-electron chi connectivity index (χ2n) is 2.23. The number of carboxylic acids is 1. The summed E-state index contributed by atoms with van der Waals surface area (Å²) in [4.78, 5) is 20.6. The molecule has 0 rings (SSSR count). The van der Waals surface area contributed by atoms with Gasteiger partial charge in [0.05, 0.1) is 6.61 Å². The molecule has 0 amide bonds. The van der Waals surface area contributed by atoms with E-state index in [4.69, 9.17) is 20.4 Å². The number of hydrogen-bond donors (Lipinski definition) is 4. The normalized spacial score (nSPS) is 15.2. The molecule has 0 aliphatic rings. The Kier molecular flexibility index (Phi) is 4.42. The summed E-state index contributed by atoms with van der Waals surface area (Å²) in [5, 5.41) is 33.9. The van der Waals surface area contributed by atoms with Crippen LogP contribution < -0.4 is 0 Å². The zero-order valence-corrected chi connectivity index (χ0v) is 6.17. The minimum Gasteiger partial charge on any atom is -0.481 e. The Balaban J connectivity index is 4.01. The first-order valence-corrected chi connectivity index (χ1v) is 3.20. The van der Waals surface area contributed by atoms with E-state index < -0.39 is 37.0 Å². The van der Waals surface area contributed by atoms with Crippen LogP contribution in [0.25, 0.3) is 0 Å². The van der Waals surface area contributed by atoms with Gasteiger partial charge in [-0.1, -0.05) is 0 Å². The van der Waals surface area contributed by atoms with Crippen LogP contribution in [0.1, 0.15) is 6.42 Å². The van der Waals surface area contributed by atoms with Crippen LogP contribution in [0.15, 0.2) is 0 Å². The van der Waals surface area contributed by atoms with E-state index in [2.05, 4.69) is 0 Å². The van der Waals surface area contributed by atoms with Crippen LogP contribution in [0.3, 0.4) is 0 Å². The molecule has 0 saturated heterocycles. The van der Waals surface area contributed by atoms with E-state index in [0.29, 0.717) is 0 Å². The lowest BCUT2D eigenvalue weighted by Crippen LogP contribution is -2.37. The highest BCUT2D eigenvalue weighted by Crippen LogP contribution is 1.97. The molecule has 0 aliphatic heterocycles. The maximum Gasteiger partial charge on any atom is 0.310 e. The average Bonchev–Trinajstić information content (AvgIpc) is 2.00. The van der Waals surface area contributed by atoms with Crippen molar-refractivity contribution in [1.82, 2.24) is 0 Å². The zero-order valence-electron chi connectivity index (χ0n) is 6.17. The number of aliphatic carboxylic acids is 1. The van der Waals surface area contributed by atoms with Gasteiger partial charge in [-0.25, -0.2) is 0 Å². The van der Waals surface area contributed by atoms with Gasteiger partial charge in [-0.05, 0) is 0 Å². The van der Waals surface area contributed by atoms with E-state index in [9.17, 15) is 9.59 Å². The van der Waals surface area contributed by atoms with Gasteiger partial charge in [-0.3, -0.25) is 9.59 Å². The highest BCUT2D eigenvalue weighted by molar-refractivity contribution is 5.97. The Hall–Kier alpha value is -0.980. The van der Waals surface area contributed by atoms with Crippen molar-refractivity contribution >= 4 is 11.8 Å². The molecule has 6 heteroatoms. The van der Waals surface area contributed by atoms with E-state index in [1.165, 1.54) is 0 Å². The molecule has 0 aromatic rings. The lowest BCUT2D eigenvalue weighted by atomic mass is 10.1. The summed E-state index contributed by atoms with van der Waals surface area (Å²) < 4.78 is 0. The van der Waals surface area contributed by atoms with Gasteiger partial charge in [-0.2, -0.15) is 0 Å². The minimum atomic E-state index is -1.83. The minimum absolute atomic E-state index is 0.785. The predicted molar refractivity (Wildman–Crippen MR) is 36.4 cm³/mol. The largest absolute Gasteiger partial charge is 0.481 e. The molecule has 0 saturated carbocycles. The lowest BCUT2D eigenvalue weighted by Gasteiger charge is -2.12. The lowest BCUT2D eigenvalue weighted by molar-refractivity contribution is -0.145. The fourth-order valence-corrected chi connectivity index (χ4v) is 0.568. The van der Waals surface area contributed by atoms with Crippen LogP contribution in [0.5, 0.6) is 0 Å². The van der Waals surface area contributed by atoms with Gasteiger partial charge < -0.3 is 20.4 Å². The highest BCUT2D eigenvalue weighted by atomic mass is 16.4. The molecule has 0 bridgehead atoms. The zero-order chi connectivity index (χ0) is 9.72. The molecule has 0 radical (unpaired) electrons. The number of hydrogen-bond acceptors (Lipinski definition) is 5. The van der Waals surface area contributed by atoms with Gasteiger partial charge in [0.1, 0.15) is 18.6 Å². The number of aliphatic hydroxyl groups is 3. The van der Waals surface area contributed by atoms with Crippen molar-refractivity contribution in [3.8, 4) is 0 Å². The van der Waals surface area contributed by atoms with E-state index >= 15 is 0 Å². The van der Waals surface area contributed by atoms with Gasteiger partial charge in [-0.15, -0.1) is 0 Å². The van der Waals surface area contributed by atoms with Gasteiger partial charge >= 0.3 is 5.97 Å². The molecule has 6 nitrogen and oxygen atoms in total. The number of rotatable bonds is 5. The molecule has 0 fully saturated rings. The topological polar surface area (TPSA) is 115 Å². The maximum absolute atomic E-state index is 10.7. The van der Waals surface area contributed by atoms with Gasteiger partial charge in [0.25, 0.3) is 0 Å². The molecular weight excluding hydrogens is 168 g/mol. The van der Waals surface area contributed by atoms with Crippen molar-refractivity contribution in [2.75, 3.05) is 6.61 Å². The Morgan fingerprint density at radius 1 is 1.25 bits per heavy atom. The summed E-state index contributed by atoms with van der Waals surface area (Å²) in [7, 11) is 0. The SMILES string of the molecule is O=C(O)CC(=O)[C@H](O)[C@@H](O)CO. The Morgan fingerprint density at radius 3 is 2.08 bits per heavy atom. The van der Waals surface area contributed by atoms with Crippen LogP contribution in [-0.2, 0) is 9.59 Å². The van der Waals surface area contributed by atoms with Crippen LogP contribution in [0.2, 0.25) is 0 Å². The quantitative estimate of drug-likeness (QED) is 0.353. The summed E-state index contributed by atoms with van der Waals surface area (Å²) in [6.45, 7) is -0.785. The third-order valence-corrected chi connectivity index (χ3v) is 1.21. The molecular formula is C6H10O6. The van der Waals surface area contributed by atoms with E-state index in [-0.39, 0.29) is 0 Å². The van der Waals surface area contributed by atoms with Gasteiger partial charge in [0, 0.05) is 0 Å². The third kappa shape index (κ3) is 3.42. The molecule has 0 spiro atoms. The number of ketones is 1. The molecule has 4 N–H and O–H groups in total. The summed E-state index contributed by atoms with van der Waals surface area (Å²) in [5.74, 6) is -2.41. The summed E-state index contributed by atoms with van der Waals surface area (Å²) >= 11 is 0. The van der Waals surface area contributed by atoms with Crippen molar-refractivity contribution in [2.45, 2.75) is 18.6 Å². The maximum atomic E-state index is 10.7. The molecule has 0 unspecified atom stereocenters. The second-order valence-corrected chi connectivity index (χ2v) is 2.23. The molecule has 70 valence electrons. The summed E-state index contributed by atoms with van der Waals surface area (Å²) in [6, 6.07) is 0. The van der Waals surface area contributed by atoms with Crippen LogP contribution in [-0.4, -0.2) is 51.0 Å². The van der Waals surface area contributed by atoms with E-state index in [1.54, 1.807) is 0 Å². The highest BCUT2D eigenvalue weighted by Gasteiger charge is 2.24. The Bertz CT molecular complexity index is 177. The number of aliphatic hydroxyl groups excluding tert-OH is 3. The summed E-state index contributed by atoms with van der Waals surface area (Å²) in [6.07, 6.45) is -4.30. The van der Waals surface area contributed by atoms with Crippen molar-refractivity contribution in [3.05, 3.63) is 0 Å². The smallest absolute Gasteiger partial charge is 0.310 e. The van der Waals surface area contributed by atoms with Crippen molar-refractivity contribution in [3.63, 3.8) is 0 Å². The first-order chi connectivity index (χ1) is 5.49. The molecule has 0 aromatic heterocycles. The first kappa shape index (κ1) is 11.0. The standard InChI is InChI=1S/C6H10O6/c7-2-4(9)6(12)3(8)1-5(10)11/h4,6-7,9,12H,1-2H2,(H,10,11)/t4-,6-/m0/s1. The number of carboxylic acid groups (broad SMARTS) is 1. The summed E-state index contributed by atoms with van der Waals surface area (Å²) in [5.41, 5.74) is 0. The van der Waals surface area contributed by atoms with Crippen molar-refractivity contribution in [1.29, 1.82) is 0 Å². The number of carbonyl (C=O) groups excluding carboxylic acids is 1. The fraction of sp³-hybridized carbons (Fsp3) is 0.667. The van der Waals surface area contributed by atoms with E-state index in [1.807, 2.05) is 0 Å². The van der Waals surface area contributed by atoms with Crippen molar-refractivity contribution in [2.24, 2.45) is 0 Å². The van der Waals surface area contributed by atoms with Crippen molar-refractivity contribution < 1.29 is 30.0 Å². The Labute approximate surface area is 68.1 Å². The molecule has 0 heterocycles. The molecule has 12 heavy (non-hydrogen) atoms. The second kappa shape index (κ2) is 4.81. The van der Waals surface area contributed by atoms with Gasteiger partial charge in [0.2, 0.25) is 0 Å². The van der Waals surface area contributed by atoms with Gasteiger partial charge in [0.15, 0.2) is 5.78 Å². The number of Topliss-reactive ketones (excluding diaryl/α,β-unsaturated/α-hetero) is 1.